The van der Waals surface area contributed by atoms with Crippen LogP contribution in [-0.4, -0.2) is 16.1 Å². The number of benzene rings is 1. The normalized spacial score (nSPS) is 14.4. The van der Waals surface area contributed by atoms with Crippen molar-refractivity contribution >= 4 is 23.2 Å². The molecule has 0 unspecified atom stereocenters. The molecular formula is C14H12ClN3O. The molecule has 5 heteroatoms. The maximum atomic E-state index is 12.1. The number of nitrogens with zero attached hydrogens (tertiary/aromatic N) is 3. The van der Waals surface area contributed by atoms with Gasteiger partial charge in [-0.2, -0.15) is 5.10 Å². The highest BCUT2D eigenvalue weighted by Crippen LogP contribution is 2.28. The monoisotopic (exact) mass is 273 g/mol. The first-order chi connectivity index (χ1) is 9.24. The van der Waals surface area contributed by atoms with E-state index in [1.165, 1.54) is 5.56 Å². The van der Waals surface area contributed by atoms with Gasteiger partial charge in [-0.3, -0.25) is 4.79 Å². The second kappa shape index (κ2) is 4.97. The number of carbonyl (C=O) groups is 1. The predicted octanol–water partition coefficient (Wildman–Crippen LogP) is 2.61. The Kier molecular flexibility index (Phi) is 3.17. The van der Waals surface area contributed by atoms with E-state index in [1.54, 1.807) is 17.0 Å². The summed E-state index contributed by atoms with van der Waals surface area (Å²) >= 11 is 5.71. The highest BCUT2D eigenvalue weighted by atomic mass is 35.5. The zero-order valence-corrected chi connectivity index (χ0v) is 11.0. The molecule has 0 radical (unpaired) electrons. The van der Waals surface area contributed by atoms with E-state index in [0.717, 1.165) is 17.8 Å². The van der Waals surface area contributed by atoms with E-state index >= 15 is 0 Å². The van der Waals surface area contributed by atoms with E-state index in [1.807, 2.05) is 18.2 Å². The molecule has 2 heterocycles. The number of aromatic nitrogens is 2. The number of hydrogen-bond donors (Lipinski definition) is 0. The molecule has 4 nitrogen and oxygen atoms in total. The molecular weight excluding hydrogens is 262 g/mol. The lowest BCUT2D eigenvalue weighted by atomic mass is 10.0. The molecule has 0 spiro atoms. The molecule has 2 aromatic rings. The third-order valence-corrected chi connectivity index (χ3v) is 3.40. The lowest BCUT2D eigenvalue weighted by molar-refractivity contribution is -0.119. The number of hydrogen-bond acceptors (Lipinski definition) is 3. The minimum absolute atomic E-state index is 0.121. The second-order valence-electron chi connectivity index (χ2n) is 4.46. The van der Waals surface area contributed by atoms with Gasteiger partial charge in [-0.1, -0.05) is 29.8 Å². The summed E-state index contributed by atoms with van der Waals surface area (Å²) in [6, 6.07) is 11.4. The van der Waals surface area contributed by atoms with E-state index in [-0.39, 0.29) is 5.91 Å². The van der Waals surface area contributed by atoms with Gasteiger partial charge in [0.25, 0.3) is 0 Å². The van der Waals surface area contributed by atoms with Crippen LogP contribution in [0.25, 0.3) is 0 Å². The molecule has 0 saturated heterocycles. The van der Waals surface area contributed by atoms with Crippen molar-refractivity contribution in [2.24, 2.45) is 0 Å². The van der Waals surface area contributed by atoms with Crippen molar-refractivity contribution in [3.63, 3.8) is 0 Å². The average molecular weight is 274 g/mol. The Morgan fingerprint density at radius 1 is 1.11 bits per heavy atom. The first-order valence-corrected chi connectivity index (χ1v) is 6.48. The quantitative estimate of drug-likeness (QED) is 0.845. The summed E-state index contributed by atoms with van der Waals surface area (Å²) in [6.45, 7) is 0.431. The van der Waals surface area contributed by atoms with Crippen molar-refractivity contribution in [2.75, 3.05) is 4.90 Å². The zero-order valence-electron chi connectivity index (χ0n) is 10.2. The fourth-order valence-corrected chi connectivity index (χ4v) is 2.36. The summed E-state index contributed by atoms with van der Waals surface area (Å²) in [5.41, 5.74) is 2.90. The number of carbonyl (C=O) groups excluding carboxylic acids is 1. The lowest BCUT2D eigenvalue weighted by Gasteiger charge is -2.28. The predicted molar refractivity (Wildman–Crippen MR) is 73.0 cm³/mol. The lowest BCUT2D eigenvalue weighted by Crippen LogP contribution is -2.34. The molecule has 1 amide bonds. The zero-order chi connectivity index (χ0) is 13.2. The maximum absolute atomic E-state index is 12.1. The molecule has 1 aromatic carbocycles. The molecule has 1 aliphatic heterocycles. The Morgan fingerprint density at radius 3 is 2.74 bits per heavy atom. The Balaban J connectivity index is 1.91. The average Bonchev–Trinajstić information content (AvgIpc) is 2.44. The van der Waals surface area contributed by atoms with Gasteiger partial charge in [-0.25, -0.2) is 0 Å². The largest absolute Gasteiger partial charge is 0.306 e. The van der Waals surface area contributed by atoms with Gasteiger partial charge in [0.05, 0.1) is 12.2 Å². The first kappa shape index (κ1) is 12.1. The van der Waals surface area contributed by atoms with Gasteiger partial charge in [-0.05, 0) is 30.2 Å². The van der Waals surface area contributed by atoms with Crippen LogP contribution in [0.1, 0.15) is 17.7 Å². The molecule has 3 rings (SSSR count). The summed E-state index contributed by atoms with van der Waals surface area (Å²) in [4.78, 5) is 13.8. The molecule has 1 aromatic heterocycles. The minimum atomic E-state index is 0.121. The summed E-state index contributed by atoms with van der Waals surface area (Å²) in [7, 11) is 0. The van der Waals surface area contributed by atoms with E-state index in [2.05, 4.69) is 16.3 Å². The maximum Gasteiger partial charge on any atom is 0.227 e. The number of fused-ring (bicyclic) bond motifs is 1. The first-order valence-electron chi connectivity index (χ1n) is 6.10. The number of rotatable bonds is 2. The Labute approximate surface area is 116 Å². The Bertz CT molecular complexity index is 612. The van der Waals surface area contributed by atoms with Crippen molar-refractivity contribution in [3.8, 4) is 0 Å². The van der Waals surface area contributed by atoms with E-state index in [9.17, 15) is 4.79 Å². The fraction of sp³-hybridized carbons (Fsp3) is 0.214. The highest BCUT2D eigenvalue weighted by molar-refractivity contribution is 6.29. The van der Waals surface area contributed by atoms with Gasteiger partial charge < -0.3 is 4.90 Å². The van der Waals surface area contributed by atoms with Crippen molar-refractivity contribution in [1.29, 1.82) is 0 Å². The van der Waals surface area contributed by atoms with Crippen LogP contribution in [0.15, 0.2) is 36.4 Å². The number of para-hydroxylation sites is 1. The number of halogens is 1. The van der Waals surface area contributed by atoms with Crippen LogP contribution >= 0.6 is 11.6 Å². The van der Waals surface area contributed by atoms with Crippen LogP contribution in [0, 0.1) is 0 Å². The third-order valence-electron chi connectivity index (χ3n) is 3.20. The third kappa shape index (κ3) is 2.44. The van der Waals surface area contributed by atoms with Gasteiger partial charge in [-0.15, -0.1) is 5.10 Å². The SMILES string of the molecule is O=C1CCc2ccccc2N1Cc1ccc(Cl)nn1. The van der Waals surface area contributed by atoms with Crippen molar-refractivity contribution in [3.05, 3.63) is 52.8 Å². The molecule has 0 aliphatic carbocycles. The Hall–Kier alpha value is -1.94. The van der Waals surface area contributed by atoms with Crippen LogP contribution < -0.4 is 4.90 Å². The molecule has 0 saturated carbocycles. The van der Waals surface area contributed by atoms with Crippen LogP contribution in [0.3, 0.4) is 0 Å². The highest BCUT2D eigenvalue weighted by Gasteiger charge is 2.24. The standard InChI is InChI=1S/C14H12ClN3O/c15-13-7-6-11(16-17-13)9-18-12-4-2-1-3-10(12)5-8-14(18)19/h1-4,6-7H,5,8-9H2. The van der Waals surface area contributed by atoms with E-state index in [0.29, 0.717) is 18.1 Å². The van der Waals surface area contributed by atoms with E-state index < -0.39 is 0 Å². The fourth-order valence-electron chi connectivity index (χ4n) is 2.26. The Morgan fingerprint density at radius 2 is 1.95 bits per heavy atom. The summed E-state index contributed by atoms with van der Waals surface area (Å²) in [5.74, 6) is 0.121. The van der Waals surface area contributed by atoms with Gasteiger partial charge in [0, 0.05) is 12.1 Å². The van der Waals surface area contributed by atoms with Crippen molar-refractivity contribution in [1.82, 2.24) is 10.2 Å². The van der Waals surface area contributed by atoms with Gasteiger partial charge in [0.1, 0.15) is 0 Å². The molecule has 0 fully saturated rings. The number of amides is 1. The van der Waals surface area contributed by atoms with Crippen LogP contribution in [0.4, 0.5) is 5.69 Å². The second-order valence-corrected chi connectivity index (χ2v) is 4.84. The van der Waals surface area contributed by atoms with Crippen molar-refractivity contribution in [2.45, 2.75) is 19.4 Å². The van der Waals surface area contributed by atoms with Crippen LogP contribution in [0.5, 0.6) is 0 Å². The van der Waals surface area contributed by atoms with E-state index in [4.69, 9.17) is 11.6 Å². The topological polar surface area (TPSA) is 46.1 Å². The van der Waals surface area contributed by atoms with Crippen molar-refractivity contribution < 1.29 is 4.79 Å². The van der Waals surface area contributed by atoms with Gasteiger partial charge >= 0.3 is 0 Å². The minimum Gasteiger partial charge on any atom is -0.306 e. The smallest absolute Gasteiger partial charge is 0.227 e. The molecule has 19 heavy (non-hydrogen) atoms. The molecule has 96 valence electrons. The number of aryl methyl sites for hydroxylation is 1. The van der Waals surface area contributed by atoms with Gasteiger partial charge in [0.2, 0.25) is 5.91 Å². The summed E-state index contributed by atoms with van der Waals surface area (Å²) < 4.78 is 0. The summed E-state index contributed by atoms with van der Waals surface area (Å²) in [6.07, 6.45) is 1.34. The van der Waals surface area contributed by atoms with Gasteiger partial charge in [0.15, 0.2) is 5.15 Å². The summed E-state index contributed by atoms with van der Waals surface area (Å²) in [5, 5.41) is 8.16. The van der Waals surface area contributed by atoms with Crippen LogP contribution in [0.2, 0.25) is 5.15 Å². The molecule has 0 bridgehead atoms. The van der Waals surface area contributed by atoms with Crippen LogP contribution in [-0.2, 0) is 17.8 Å². The molecule has 0 atom stereocenters. The number of anilines is 1. The molecule has 0 N–H and O–H groups in total. The molecule has 1 aliphatic rings.